The highest BCUT2D eigenvalue weighted by atomic mass is 19.4. The highest BCUT2D eigenvalue weighted by Gasteiger charge is 2.31. The minimum absolute atomic E-state index is 0.0277. The Kier molecular flexibility index (Phi) is 5.51. The fourth-order valence-corrected chi connectivity index (χ4v) is 0.860. The lowest BCUT2D eigenvalue weighted by atomic mass is 10.2. The van der Waals surface area contributed by atoms with Crippen LogP contribution in [0.25, 0.3) is 0 Å². The molecule has 0 nitrogen and oxygen atoms in total. The van der Waals surface area contributed by atoms with Crippen LogP contribution >= 0.6 is 0 Å². The molecule has 0 radical (unpaired) electrons. The summed E-state index contributed by atoms with van der Waals surface area (Å²) in [7, 11) is 0. The van der Waals surface area contributed by atoms with Gasteiger partial charge in [-0.05, 0) is 12.8 Å². The van der Waals surface area contributed by atoms with Gasteiger partial charge < -0.3 is 0 Å². The maximum atomic E-state index is 12.1. The third-order valence-corrected chi connectivity index (χ3v) is 1.63. The summed E-state index contributed by atoms with van der Waals surface area (Å²) >= 11 is 0. The normalized spacial score (nSPS) is 14.1. The summed E-state index contributed by atoms with van der Waals surface area (Å²) in [6.07, 6.45) is 2.02. The molecule has 13 heavy (non-hydrogen) atoms. The van der Waals surface area contributed by atoms with Gasteiger partial charge in [-0.2, -0.15) is 13.2 Å². The van der Waals surface area contributed by atoms with Gasteiger partial charge in [-0.3, -0.25) is 0 Å². The van der Waals surface area contributed by atoms with Gasteiger partial charge in [-0.25, -0.2) is 0 Å². The van der Waals surface area contributed by atoms with Crippen LogP contribution in [0.5, 0.6) is 0 Å². The van der Waals surface area contributed by atoms with Crippen molar-refractivity contribution >= 4 is 0 Å². The quantitative estimate of drug-likeness (QED) is 0.584. The van der Waals surface area contributed by atoms with Crippen LogP contribution in [0.1, 0.15) is 33.1 Å². The van der Waals surface area contributed by atoms with Gasteiger partial charge in [-0.1, -0.05) is 38.5 Å². The molecule has 0 saturated carbocycles. The summed E-state index contributed by atoms with van der Waals surface area (Å²) in [4.78, 5) is 0. The van der Waals surface area contributed by atoms with Gasteiger partial charge in [0.2, 0.25) is 0 Å². The number of hydrogen-bond donors (Lipinski definition) is 0. The van der Waals surface area contributed by atoms with Crippen molar-refractivity contribution in [2.45, 2.75) is 39.3 Å². The van der Waals surface area contributed by atoms with E-state index in [0.717, 1.165) is 18.9 Å². The fraction of sp³-hybridized carbons (Fsp3) is 0.600. The molecule has 0 aliphatic heterocycles. The lowest BCUT2D eigenvalue weighted by Crippen LogP contribution is -2.10. The minimum Gasteiger partial charge on any atom is -0.166 e. The minimum atomic E-state index is -4.18. The topological polar surface area (TPSA) is 0 Å². The summed E-state index contributed by atoms with van der Waals surface area (Å²) in [6.45, 7) is 3.49. The molecule has 0 aliphatic carbocycles. The van der Waals surface area contributed by atoms with Crippen LogP contribution in [0.3, 0.4) is 0 Å². The molecule has 0 aromatic rings. The van der Waals surface area contributed by atoms with Crippen molar-refractivity contribution in [1.29, 1.82) is 0 Å². The van der Waals surface area contributed by atoms with E-state index in [1.807, 2.05) is 6.92 Å². The van der Waals surface area contributed by atoms with Gasteiger partial charge in [0.05, 0.1) is 0 Å². The molecule has 0 rings (SSSR count). The van der Waals surface area contributed by atoms with E-state index >= 15 is 0 Å². The van der Waals surface area contributed by atoms with Gasteiger partial charge in [0.25, 0.3) is 0 Å². The molecule has 0 heterocycles. The molecular weight excluding hydrogens is 177 g/mol. The van der Waals surface area contributed by atoms with Crippen molar-refractivity contribution in [1.82, 2.24) is 0 Å². The molecule has 0 aliphatic rings. The predicted octanol–water partition coefficient (Wildman–Crippen LogP) is 4.24. The molecule has 0 N–H and O–H groups in total. The summed E-state index contributed by atoms with van der Waals surface area (Å²) in [5.41, 5.74) is -0.472. The van der Waals surface area contributed by atoms with Gasteiger partial charge >= 0.3 is 6.18 Å². The first-order valence-electron chi connectivity index (χ1n) is 4.45. The SMILES string of the molecule is CCC/C=C/C=C(\CC)C(F)(F)F. The Morgan fingerprint density at radius 2 is 1.85 bits per heavy atom. The van der Waals surface area contributed by atoms with E-state index in [1.54, 1.807) is 6.08 Å². The Labute approximate surface area is 77.1 Å². The molecule has 0 aromatic carbocycles. The molecule has 0 amide bonds. The van der Waals surface area contributed by atoms with Crippen molar-refractivity contribution in [3.8, 4) is 0 Å². The maximum Gasteiger partial charge on any atom is 0.412 e. The Morgan fingerprint density at radius 1 is 1.23 bits per heavy atom. The number of unbranched alkanes of at least 4 members (excludes halogenated alkanes) is 1. The first-order valence-corrected chi connectivity index (χ1v) is 4.45. The van der Waals surface area contributed by atoms with Crippen LogP contribution in [0.4, 0.5) is 13.2 Å². The van der Waals surface area contributed by atoms with Crippen LogP contribution in [-0.4, -0.2) is 6.18 Å². The fourth-order valence-electron chi connectivity index (χ4n) is 0.860. The first-order chi connectivity index (χ1) is 6.02. The third kappa shape index (κ3) is 5.50. The Bertz CT molecular complexity index is 187. The smallest absolute Gasteiger partial charge is 0.166 e. The van der Waals surface area contributed by atoms with Gasteiger partial charge in [0.15, 0.2) is 0 Å². The van der Waals surface area contributed by atoms with E-state index in [0.29, 0.717) is 0 Å². The van der Waals surface area contributed by atoms with Crippen molar-refractivity contribution in [3.05, 3.63) is 23.8 Å². The molecule has 76 valence electrons. The molecule has 0 bridgehead atoms. The Morgan fingerprint density at radius 3 is 2.23 bits per heavy atom. The van der Waals surface area contributed by atoms with Crippen LogP contribution in [0.15, 0.2) is 23.8 Å². The monoisotopic (exact) mass is 192 g/mol. The number of halogens is 3. The second-order valence-corrected chi connectivity index (χ2v) is 2.76. The number of allylic oxidation sites excluding steroid dienone is 4. The summed E-state index contributed by atoms with van der Waals surface area (Å²) in [5, 5.41) is 0. The average molecular weight is 192 g/mol. The van der Waals surface area contributed by atoms with Crippen molar-refractivity contribution < 1.29 is 13.2 Å². The zero-order chi connectivity index (χ0) is 10.3. The largest absolute Gasteiger partial charge is 0.412 e. The molecule has 0 unspecified atom stereocenters. The van der Waals surface area contributed by atoms with Crippen LogP contribution in [0, 0.1) is 0 Å². The number of rotatable bonds is 4. The van der Waals surface area contributed by atoms with Crippen molar-refractivity contribution in [2.24, 2.45) is 0 Å². The summed E-state index contributed by atoms with van der Waals surface area (Å²) in [6, 6.07) is 0. The molecule has 0 aromatic heterocycles. The maximum absolute atomic E-state index is 12.1. The number of alkyl halides is 3. The molecule has 0 saturated heterocycles. The Hall–Kier alpha value is -0.730. The molecule has 3 heteroatoms. The standard InChI is InChI=1S/C10H15F3/c1-3-5-6-7-8-9(4-2)10(11,12)13/h6-8H,3-5H2,1-2H3/b7-6+,9-8+. The average Bonchev–Trinajstić information content (AvgIpc) is 2.02. The third-order valence-electron chi connectivity index (χ3n) is 1.63. The molecule has 0 fully saturated rings. The lowest BCUT2D eigenvalue weighted by molar-refractivity contribution is -0.0935. The second kappa shape index (κ2) is 5.84. The zero-order valence-electron chi connectivity index (χ0n) is 7.99. The highest BCUT2D eigenvalue weighted by Crippen LogP contribution is 2.27. The van der Waals surface area contributed by atoms with E-state index in [2.05, 4.69) is 0 Å². The molecular formula is C10H15F3. The summed E-state index contributed by atoms with van der Waals surface area (Å²) in [5.74, 6) is 0. The van der Waals surface area contributed by atoms with E-state index in [9.17, 15) is 13.2 Å². The Balaban J connectivity index is 4.24. The zero-order valence-corrected chi connectivity index (χ0v) is 7.99. The van der Waals surface area contributed by atoms with E-state index < -0.39 is 11.7 Å². The number of hydrogen-bond acceptors (Lipinski definition) is 0. The molecule has 0 spiro atoms. The highest BCUT2D eigenvalue weighted by molar-refractivity contribution is 5.16. The van der Waals surface area contributed by atoms with Crippen LogP contribution in [0.2, 0.25) is 0 Å². The molecule has 0 atom stereocenters. The predicted molar refractivity (Wildman–Crippen MR) is 48.5 cm³/mol. The first kappa shape index (κ1) is 12.3. The van der Waals surface area contributed by atoms with E-state index in [4.69, 9.17) is 0 Å². The van der Waals surface area contributed by atoms with E-state index in [1.165, 1.54) is 13.0 Å². The van der Waals surface area contributed by atoms with Gasteiger partial charge in [-0.15, -0.1) is 0 Å². The van der Waals surface area contributed by atoms with E-state index in [-0.39, 0.29) is 6.42 Å². The lowest BCUT2D eigenvalue weighted by Gasteiger charge is -2.07. The summed E-state index contributed by atoms with van der Waals surface area (Å²) < 4.78 is 36.4. The van der Waals surface area contributed by atoms with Crippen LogP contribution in [-0.2, 0) is 0 Å². The van der Waals surface area contributed by atoms with Crippen molar-refractivity contribution in [2.75, 3.05) is 0 Å². The second-order valence-electron chi connectivity index (χ2n) is 2.76. The van der Waals surface area contributed by atoms with Crippen LogP contribution < -0.4 is 0 Å². The van der Waals surface area contributed by atoms with Crippen molar-refractivity contribution in [3.63, 3.8) is 0 Å². The van der Waals surface area contributed by atoms with Gasteiger partial charge in [0, 0.05) is 5.57 Å². The van der Waals surface area contributed by atoms with Gasteiger partial charge in [0.1, 0.15) is 0 Å².